The van der Waals surface area contributed by atoms with Gasteiger partial charge in [0.25, 0.3) is 0 Å². The van der Waals surface area contributed by atoms with Crippen LogP contribution in [0.1, 0.15) is 23.6 Å². The lowest BCUT2D eigenvalue weighted by atomic mass is 10.0. The molecule has 0 bridgehead atoms. The van der Waals surface area contributed by atoms with E-state index in [0.717, 1.165) is 11.1 Å². The molecule has 0 saturated heterocycles. The van der Waals surface area contributed by atoms with Crippen LogP contribution in [0.4, 0.5) is 0 Å². The molecule has 2 rings (SSSR count). The molecule has 3 N–H and O–H groups in total. The number of nitrogens with two attached hydrogens (primary N) is 1. The Morgan fingerprint density at radius 1 is 1.09 bits per heavy atom. The SMILES string of the molecule is COc1ccc([C@H](N)CCO)cc1OCc1ccccc1.Cl. The first-order valence-electron chi connectivity index (χ1n) is 6.95. The van der Waals surface area contributed by atoms with Crippen molar-refractivity contribution in [2.45, 2.75) is 19.1 Å². The highest BCUT2D eigenvalue weighted by molar-refractivity contribution is 5.85. The van der Waals surface area contributed by atoms with E-state index >= 15 is 0 Å². The van der Waals surface area contributed by atoms with Gasteiger partial charge in [0.1, 0.15) is 6.61 Å². The highest BCUT2D eigenvalue weighted by atomic mass is 35.5. The van der Waals surface area contributed by atoms with Crippen molar-refractivity contribution in [2.75, 3.05) is 13.7 Å². The van der Waals surface area contributed by atoms with E-state index < -0.39 is 0 Å². The maximum absolute atomic E-state index is 8.98. The molecular weight excluding hydrogens is 302 g/mol. The number of benzene rings is 2. The fourth-order valence-corrected chi connectivity index (χ4v) is 2.08. The Hall–Kier alpha value is -1.75. The molecule has 1 atom stereocenters. The van der Waals surface area contributed by atoms with Gasteiger partial charge >= 0.3 is 0 Å². The second-order valence-corrected chi connectivity index (χ2v) is 4.80. The van der Waals surface area contributed by atoms with E-state index in [1.807, 2.05) is 48.5 Å². The van der Waals surface area contributed by atoms with E-state index in [9.17, 15) is 0 Å². The first-order chi connectivity index (χ1) is 10.2. The summed E-state index contributed by atoms with van der Waals surface area (Å²) in [5.74, 6) is 1.33. The van der Waals surface area contributed by atoms with Gasteiger partial charge in [0, 0.05) is 12.6 Å². The zero-order chi connectivity index (χ0) is 15.1. The lowest BCUT2D eigenvalue weighted by Crippen LogP contribution is -2.12. The van der Waals surface area contributed by atoms with Crippen LogP contribution in [0.3, 0.4) is 0 Å². The molecule has 22 heavy (non-hydrogen) atoms. The molecule has 2 aromatic rings. The summed E-state index contributed by atoms with van der Waals surface area (Å²) < 4.78 is 11.2. The largest absolute Gasteiger partial charge is 0.493 e. The van der Waals surface area contributed by atoms with E-state index in [-0.39, 0.29) is 25.1 Å². The molecule has 0 aliphatic heterocycles. The Kier molecular flexibility index (Phi) is 7.74. The number of rotatable bonds is 7. The Balaban J connectivity index is 0.00000242. The molecule has 0 aliphatic rings. The van der Waals surface area contributed by atoms with E-state index in [0.29, 0.717) is 24.5 Å². The zero-order valence-electron chi connectivity index (χ0n) is 12.6. The quantitative estimate of drug-likeness (QED) is 0.822. The molecule has 0 radical (unpaired) electrons. The molecule has 0 unspecified atom stereocenters. The van der Waals surface area contributed by atoms with Crippen LogP contribution in [-0.4, -0.2) is 18.8 Å². The second-order valence-electron chi connectivity index (χ2n) is 4.80. The number of aliphatic hydroxyl groups is 1. The monoisotopic (exact) mass is 323 g/mol. The lowest BCUT2D eigenvalue weighted by Gasteiger charge is -2.15. The summed E-state index contributed by atoms with van der Waals surface area (Å²) in [4.78, 5) is 0. The van der Waals surface area contributed by atoms with Crippen molar-refractivity contribution in [1.29, 1.82) is 0 Å². The smallest absolute Gasteiger partial charge is 0.161 e. The Labute approximate surface area is 137 Å². The van der Waals surface area contributed by atoms with Crippen LogP contribution >= 0.6 is 12.4 Å². The van der Waals surface area contributed by atoms with Gasteiger partial charge in [0.2, 0.25) is 0 Å². The molecule has 5 heteroatoms. The Morgan fingerprint density at radius 3 is 2.45 bits per heavy atom. The van der Waals surface area contributed by atoms with Gasteiger partial charge < -0.3 is 20.3 Å². The van der Waals surface area contributed by atoms with Gasteiger partial charge in [0.15, 0.2) is 11.5 Å². The van der Waals surface area contributed by atoms with Crippen LogP contribution < -0.4 is 15.2 Å². The molecule has 0 spiro atoms. The molecule has 0 aromatic heterocycles. The third-order valence-electron chi connectivity index (χ3n) is 3.29. The van der Waals surface area contributed by atoms with Crippen LogP contribution in [0.25, 0.3) is 0 Å². The van der Waals surface area contributed by atoms with Gasteiger partial charge in [0.05, 0.1) is 7.11 Å². The molecule has 2 aromatic carbocycles. The minimum absolute atomic E-state index is 0. The van der Waals surface area contributed by atoms with Crippen LogP contribution in [0.15, 0.2) is 48.5 Å². The van der Waals surface area contributed by atoms with Crippen LogP contribution in [0, 0.1) is 0 Å². The third-order valence-corrected chi connectivity index (χ3v) is 3.29. The van der Waals surface area contributed by atoms with Crippen molar-refractivity contribution >= 4 is 12.4 Å². The minimum Gasteiger partial charge on any atom is -0.493 e. The number of halogens is 1. The first kappa shape index (κ1) is 18.3. The highest BCUT2D eigenvalue weighted by Crippen LogP contribution is 2.31. The van der Waals surface area contributed by atoms with Crippen LogP contribution in [0.5, 0.6) is 11.5 Å². The lowest BCUT2D eigenvalue weighted by molar-refractivity contribution is 0.274. The van der Waals surface area contributed by atoms with E-state index in [1.54, 1.807) is 7.11 Å². The van der Waals surface area contributed by atoms with Crippen LogP contribution in [-0.2, 0) is 6.61 Å². The van der Waals surface area contributed by atoms with Crippen molar-refractivity contribution in [3.8, 4) is 11.5 Å². The summed E-state index contributed by atoms with van der Waals surface area (Å²) in [6.07, 6.45) is 0.518. The predicted octanol–water partition coefficient (Wildman–Crippen LogP) is 3.08. The third kappa shape index (κ3) is 4.91. The first-order valence-corrected chi connectivity index (χ1v) is 6.95. The molecule has 0 amide bonds. The second kappa shape index (κ2) is 9.30. The summed E-state index contributed by atoms with van der Waals surface area (Å²) in [6.45, 7) is 0.531. The number of aliphatic hydroxyl groups excluding tert-OH is 1. The maximum atomic E-state index is 8.98. The van der Waals surface area contributed by atoms with Gasteiger partial charge in [-0.25, -0.2) is 0 Å². The summed E-state index contributed by atoms with van der Waals surface area (Å²) in [5, 5.41) is 8.98. The van der Waals surface area contributed by atoms with Crippen molar-refractivity contribution < 1.29 is 14.6 Å². The Morgan fingerprint density at radius 2 is 1.82 bits per heavy atom. The summed E-state index contributed by atoms with van der Waals surface area (Å²) in [6, 6.07) is 15.3. The Bertz CT molecular complexity index is 563. The number of hydrogen-bond donors (Lipinski definition) is 2. The van der Waals surface area contributed by atoms with E-state index in [1.165, 1.54) is 0 Å². The number of hydrogen-bond acceptors (Lipinski definition) is 4. The van der Waals surface area contributed by atoms with Crippen LogP contribution in [0.2, 0.25) is 0 Å². The fourth-order valence-electron chi connectivity index (χ4n) is 2.08. The minimum atomic E-state index is -0.208. The molecule has 120 valence electrons. The molecule has 0 saturated carbocycles. The normalized spacial score (nSPS) is 11.4. The van der Waals surface area contributed by atoms with Crippen molar-refractivity contribution in [3.05, 3.63) is 59.7 Å². The molecule has 0 heterocycles. The van der Waals surface area contributed by atoms with Gasteiger partial charge in [-0.05, 0) is 29.7 Å². The van der Waals surface area contributed by atoms with Gasteiger partial charge in [-0.15, -0.1) is 12.4 Å². The standard InChI is InChI=1S/C17H21NO3.ClH/c1-20-16-8-7-14(15(18)9-10-19)11-17(16)21-12-13-5-3-2-4-6-13;/h2-8,11,15,19H,9-10,12,18H2,1H3;1H/t15-;/m1./s1. The summed E-state index contributed by atoms with van der Waals surface area (Å²) in [7, 11) is 1.61. The van der Waals surface area contributed by atoms with Gasteiger partial charge in [-0.1, -0.05) is 36.4 Å². The fraction of sp³-hybridized carbons (Fsp3) is 0.294. The average molecular weight is 324 g/mol. The van der Waals surface area contributed by atoms with E-state index in [4.69, 9.17) is 20.3 Å². The van der Waals surface area contributed by atoms with Crippen molar-refractivity contribution in [3.63, 3.8) is 0 Å². The number of methoxy groups -OCH3 is 1. The predicted molar refractivity (Wildman–Crippen MR) is 89.6 cm³/mol. The zero-order valence-corrected chi connectivity index (χ0v) is 13.4. The summed E-state index contributed by atoms with van der Waals surface area (Å²) >= 11 is 0. The van der Waals surface area contributed by atoms with Gasteiger partial charge in [-0.2, -0.15) is 0 Å². The topological polar surface area (TPSA) is 64.7 Å². The van der Waals surface area contributed by atoms with Gasteiger partial charge in [-0.3, -0.25) is 0 Å². The molecule has 0 fully saturated rings. The van der Waals surface area contributed by atoms with Crippen molar-refractivity contribution in [2.24, 2.45) is 5.73 Å². The molecular formula is C17H22ClNO3. The number of ether oxygens (including phenoxy) is 2. The highest BCUT2D eigenvalue weighted by Gasteiger charge is 2.11. The maximum Gasteiger partial charge on any atom is 0.161 e. The van der Waals surface area contributed by atoms with Crippen molar-refractivity contribution in [1.82, 2.24) is 0 Å². The summed E-state index contributed by atoms with van der Waals surface area (Å²) in [5.41, 5.74) is 8.03. The molecule has 4 nitrogen and oxygen atoms in total. The average Bonchev–Trinajstić information content (AvgIpc) is 2.54. The van der Waals surface area contributed by atoms with E-state index in [2.05, 4.69) is 0 Å². The molecule has 0 aliphatic carbocycles.